The van der Waals surface area contributed by atoms with E-state index in [4.69, 9.17) is 0 Å². The number of halogens is 2. The molecule has 0 aliphatic heterocycles. The van der Waals surface area contributed by atoms with Gasteiger partial charge in [0.15, 0.2) is 0 Å². The van der Waals surface area contributed by atoms with Crippen LogP contribution in [0.25, 0.3) is 11.1 Å². The molecule has 0 N–H and O–H groups in total. The van der Waals surface area contributed by atoms with Gasteiger partial charge in [0.2, 0.25) is 0 Å². The molecule has 2 aliphatic rings. The fraction of sp³-hybridized carbons (Fsp3) is 0.171. The van der Waals surface area contributed by atoms with Gasteiger partial charge in [-0.1, -0.05) is 61.6 Å². The van der Waals surface area contributed by atoms with E-state index in [-0.39, 0.29) is 24.8 Å². The molecule has 38 heavy (non-hydrogen) atoms. The Morgan fingerprint density at radius 1 is 0.684 bits per heavy atom. The predicted octanol–water partition coefficient (Wildman–Crippen LogP) is 9.56. The van der Waals surface area contributed by atoms with Gasteiger partial charge < -0.3 is 0 Å². The first-order valence-electron chi connectivity index (χ1n) is 12.1. The van der Waals surface area contributed by atoms with Crippen molar-refractivity contribution in [2.75, 3.05) is 0 Å². The molecule has 0 fully saturated rings. The van der Waals surface area contributed by atoms with Crippen LogP contribution in [-0.2, 0) is 30.7 Å². The Morgan fingerprint density at radius 2 is 1.24 bits per heavy atom. The molecule has 0 atom stereocenters. The smallest absolute Gasteiger partial charge is 0.0253 e. The maximum atomic E-state index is 3.34. The van der Waals surface area contributed by atoms with E-state index in [0.717, 1.165) is 12.8 Å². The molecule has 0 radical (unpaired) electrons. The first-order chi connectivity index (χ1) is 17.6. The number of hydrogen-bond acceptors (Lipinski definition) is 0. The standard InChI is InChI=1S/C13H9.C9H13.2C6H5.CH2.2ClH.Zr/c1-3-7-12-10(5-1)9-11-6-2-4-8-13(11)12;1-9(2,3)8-6-4-5-7-8;2*1-2-4-6-5-3-1;;;;/h1-5,7-8H,9H2;6-7H,4H2,1-3H3;2*1-5H;1H2;2*1H;/q4*-1;;;;. The predicted molar refractivity (Wildman–Crippen MR) is 166 cm³/mol. The Labute approximate surface area is 258 Å². The average Bonchev–Trinajstić information content (AvgIpc) is 3.62. The second kappa shape index (κ2) is 20.6. The Hall–Kier alpha value is -2.31. The molecule has 4 aromatic carbocycles. The van der Waals surface area contributed by atoms with Crippen LogP contribution in [-0.4, -0.2) is 4.21 Å². The van der Waals surface area contributed by atoms with Gasteiger partial charge in [-0.15, -0.1) is 36.8 Å². The van der Waals surface area contributed by atoms with Crippen LogP contribution in [0.1, 0.15) is 38.3 Å². The zero-order valence-electron chi connectivity index (χ0n) is 22.4. The van der Waals surface area contributed by atoms with E-state index >= 15 is 0 Å². The molecule has 0 aromatic heterocycles. The molecular formula is C35H36Cl2Zr-4. The van der Waals surface area contributed by atoms with Gasteiger partial charge >= 0.3 is 28.4 Å². The SMILES string of the molecule is CC(C)(C)C1=CC[C-]=C1.Cl.Cl.[CH2]=[Zr].[c-]1cccc2c1Cc1ccccc1-2.[c-]1ccccc1.[c-]1ccccc1. The summed E-state index contributed by atoms with van der Waals surface area (Å²) in [4.78, 5) is 0. The van der Waals surface area contributed by atoms with Crippen LogP contribution in [0.5, 0.6) is 0 Å². The van der Waals surface area contributed by atoms with E-state index in [1.54, 1.807) is 0 Å². The van der Waals surface area contributed by atoms with Crippen molar-refractivity contribution >= 4 is 29.0 Å². The Bertz CT molecular complexity index is 1060. The van der Waals surface area contributed by atoms with E-state index in [9.17, 15) is 0 Å². The van der Waals surface area contributed by atoms with Crippen molar-refractivity contribution in [3.05, 3.63) is 156 Å². The first-order valence-corrected chi connectivity index (χ1v) is 13.8. The van der Waals surface area contributed by atoms with Gasteiger partial charge in [-0.3, -0.25) is 6.08 Å². The maximum absolute atomic E-state index is 3.34. The summed E-state index contributed by atoms with van der Waals surface area (Å²) in [6.07, 6.45) is 9.55. The molecule has 3 heteroatoms. The fourth-order valence-electron chi connectivity index (χ4n) is 3.60. The van der Waals surface area contributed by atoms with Crippen molar-refractivity contribution in [2.24, 2.45) is 5.41 Å². The summed E-state index contributed by atoms with van der Waals surface area (Å²) < 4.78 is 3.34. The first kappa shape index (κ1) is 35.7. The minimum absolute atomic E-state index is 0. The number of allylic oxidation sites excluding steroid dienone is 4. The number of rotatable bonds is 0. The van der Waals surface area contributed by atoms with Crippen LogP contribution in [0.15, 0.2) is 121 Å². The third-order valence-electron chi connectivity index (χ3n) is 5.39. The topological polar surface area (TPSA) is 0 Å². The Morgan fingerprint density at radius 3 is 1.66 bits per heavy atom. The van der Waals surface area contributed by atoms with E-state index in [2.05, 4.69) is 97.8 Å². The van der Waals surface area contributed by atoms with Gasteiger partial charge in [0.1, 0.15) is 0 Å². The molecule has 0 amide bonds. The molecule has 0 spiro atoms. The summed E-state index contributed by atoms with van der Waals surface area (Å²) in [6.45, 7) is 6.67. The molecule has 0 saturated heterocycles. The number of hydrogen-bond donors (Lipinski definition) is 0. The number of benzene rings is 4. The maximum Gasteiger partial charge on any atom is -0.0253 e. The van der Waals surface area contributed by atoms with Crippen LogP contribution in [0.4, 0.5) is 0 Å². The summed E-state index contributed by atoms with van der Waals surface area (Å²) in [7, 11) is 0. The largest absolute Gasteiger partial charge is 0.184 e. The third-order valence-corrected chi connectivity index (χ3v) is 5.39. The van der Waals surface area contributed by atoms with Crippen molar-refractivity contribution in [3.8, 4) is 11.1 Å². The molecule has 2 aliphatic carbocycles. The van der Waals surface area contributed by atoms with Crippen LogP contribution in [0, 0.1) is 29.7 Å². The molecular weight excluding hydrogens is 583 g/mol. The molecule has 0 saturated carbocycles. The van der Waals surface area contributed by atoms with Crippen molar-refractivity contribution in [1.29, 1.82) is 0 Å². The number of fused-ring (bicyclic) bond motifs is 3. The van der Waals surface area contributed by atoms with Crippen LogP contribution >= 0.6 is 24.8 Å². The third kappa shape index (κ3) is 13.0. The molecule has 0 unspecified atom stereocenters. The minimum atomic E-state index is 0. The monoisotopic (exact) mass is 616 g/mol. The Kier molecular flexibility index (Phi) is 19.4. The summed E-state index contributed by atoms with van der Waals surface area (Å²) in [5.74, 6) is 0. The Balaban J connectivity index is 0.000000486. The molecule has 4 aromatic rings. The molecule has 0 heterocycles. The van der Waals surface area contributed by atoms with Gasteiger partial charge in [-0.25, -0.2) is 6.08 Å². The summed E-state index contributed by atoms with van der Waals surface area (Å²) >= 11 is 1.30. The van der Waals surface area contributed by atoms with Gasteiger partial charge in [0, 0.05) is 0 Å². The normalized spacial score (nSPS) is 11.2. The van der Waals surface area contributed by atoms with Crippen molar-refractivity contribution in [2.45, 2.75) is 33.6 Å². The van der Waals surface area contributed by atoms with Crippen LogP contribution in [0.3, 0.4) is 0 Å². The van der Waals surface area contributed by atoms with Crippen molar-refractivity contribution in [1.82, 2.24) is 0 Å². The van der Waals surface area contributed by atoms with Gasteiger partial charge in [0.25, 0.3) is 0 Å². The van der Waals surface area contributed by atoms with E-state index < -0.39 is 0 Å². The van der Waals surface area contributed by atoms with Gasteiger partial charge in [-0.05, 0) is 6.42 Å². The summed E-state index contributed by atoms with van der Waals surface area (Å²) in [5, 5.41) is 0. The van der Waals surface area contributed by atoms with Crippen molar-refractivity contribution < 1.29 is 24.2 Å². The molecule has 198 valence electrons. The van der Waals surface area contributed by atoms with Crippen molar-refractivity contribution in [3.63, 3.8) is 0 Å². The molecule has 6 rings (SSSR count). The quantitative estimate of drug-likeness (QED) is 0.152. The molecule has 0 bridgehead atoms. The van der Waals surface area contributed by atoms with E-state index in [1.165, 1.54) is 52.1 Å². The van der Waals surface area contributed by atoms with Crippen LogP contribution in [0.2, 0.25) is 0 Å². The zero-order valence-corrected chi connectivity index (χ0v) is 26.5. The second-order valence-electron chi connectivity index (χ2n) is 9.01. The van der Waals surface area contributed by atoms with Crippen LogP contribution < -0.4 is 0 Å². The summed E-state index contributed by atoms with van der Waals surface area (Å²) in [5.41, 5.74) is 7.25. The van der Waals surface area contributed by atoms with E-state index in [0.29, 0.717) is 5.41 Å². The summed E-state index contributed by atoms with van der Waals surface area (Å²) in [6, 6.07) is 43.1. The fourth-order valence-corrected chi connectivity index (χ4v) is 3.60. The minimum Gasteiger partial charge on any atom is -0.184 e. The zero-order chi connectivity index (χ0) is 26.1. The molecule has 0 nitrogen and oxygen atoms in total. The van der Waals surface area contributed by atoms with Gasteiger partial charge in [0.05, 0.1) is 0 Å². The average molecular weight is 619 g/mol. The second-order valence-corrected chi connectivity index (χ2v) is 9.01. The van der Waals surface area contributed by atoms with E-state index in [1.807, 2.05) is 66.7 Å². The van der Waals surface area contributed by atoms with Gasteiger partial charge in [-0.2, -0.15) is 114 Å².